The van der Waals surface area contributed by atoms with E-state index in [9.17, 15) is 9.90 Å². The van der Waals surface area contributed by atoms with E-state index in [0.29, 0.717) is 11.4 Å². The van der Waals surface area contributed by atoms with Crippen molar-refractivity contribution in [3.8, 4) is 0 Å². The summed E-state index contributed by atoms with van der Waals surface area (Å²) in [6, 6.07) is 0.144. The Bertz CT molecular complexity index is 420. The summed E-state index contributed by atoms with van der Waals surface area (Å²) in [5, 5.41) is 17.1. The second kappa shape index (κ2) is 6.91. The Morgan fingerprint density at radius 3 is 2.74 bits per heavy atom. The number of halogens is 1. The van der Waals surface area contributed by atoms with E-state index in [1.54, 1.807) is 24.0 Å². The number of carboxylic acid groups (broad SMARTS) is 1. The molecule has 108 valence electrons. The molecular weight excluding hydrogens is 266 g/mol. The summed E-state index contributed by atoms with van der Waals surface area (Å²) in [5.74, 6) is -0.802. The van der Waals surface area contributed by atoms with Gasteiger partial charge in [-0.15, -0.1) is 0 Å². The Morgan fingerprint density at radius 1 is 1.58 bits per heavy atom. The zero-order valence-corrected chi connectivity index (χ0v) is 12.4. The van der Waals surface area contributed by atoms with Crippen LogP contribution in [0.4, 0.5) is 0 Å². The predicted octanol–water partition coefficient (Wildman–Crippen LogP) is 2.55. The minimum Gasteiger partial charge on any atom is -0.480 e. The molecule has 0 aromatic carbocycles. The van der Waals surface area contributed by atoms with Gasteiger partial charge in [-0.1, -0.05) is 11.6 Å². The fraction of sp³-hybridized carbons (Fsp3) is 0.692. The average Bonchev–Trinajstić information content (AvgIpc) is 2.69. The number of hydrogen-bond acceptors (Lipinski definition) is 3. The van der Waals surface area contributed by atoms with Crippen LogP contribution in [0.3, 0.4) is 0 Å². The standard InChI is InChI=1S/C13H22ClN3O2/c1-10(2)16-13(3,12(18)19)6-4-5-7-17-9-11(14)8-15-17/h8-10,16H,4-7H2,1-3H3,(H,18,19). The molecule has 0 saturated heterocycles. The molecule has 2 N–H and O–H groups in total. The molecule has 19 heavy (non-hydrogen) atoms. The minimum absolute atomic E-state index is 0.144. The Kier molecular flexibility index (Phi) is 5.82. The normalized spacial score (nSPS) is 14.6. The summed E-state index contributed by atoms with van der Waals surface area (Å²) in [6.45, 7) is 6.39. The molecule has 1 heterocycles. The molecule has 1 unspecified atom stereocenters. The number of aromatic nitrogens is 2. The number of aliphatic carboxylic acids is 1. The van der Waals surface area contributed by atoms with Crippen LogP contribution in [0.5, 0.6) is 0 Å². The van der Waals surface area contributed by atoms with Crippen LogP contribution in [0.25, 0.3) is 0 Å². The van der Waals surface area contributed by atoms with Gasteiger partial charge in [0.2, 0.25) is 0 Å². The summed E-state index contributed by atoms with van der Waals surface area (Å²) >= 11 is 5.77. The van der Waals surface area contributed by atoms with Crippen molar-refractivity contribution in [2.24, 2.45) is 0 Å². The van der Waals surface area contributed by atoms with E-state index in [4.69, 9.17) is 11.6 Å². The average molecular weight is 288 g/mol. The molecule has 0 amide bonds. The van der Waals surface area contributed by atoms with Crippen molar-refractivity contribution in [1.29, 1.82) is 0 Å². The van der Waals surface area contributed by atoms with Gasteiger partial charge in [-0.2, -0.15) is 5.10 Å². The Balaban J connectivity index is 2.38. The molecule has 0 aliphatic carbocycles. The first-order valence-electron chi connectivity index (χ1n) is 6.52. The van der Waals surface area contributed by atoms with Crippen molar-refractivity contribution < 1.29 is 9.90 Å². The van der Waals surface area contributed by atoms with Crippen molar-refractivity contribution in [1.82, 2.24) is 15.1 Å². The molecule has 5 nitrogen and oxygen atoms in total. The fourth-order valence-corrected chi connectivity index (χ4v) is 2.25. The molecule has 0 aliphatic rings. The SMILES string of the molecule is CC(C)NC(C)(CCCCn1cc(Cl)cn1)C(=O)O. The van der Waals surface area contributed by atoms with E-state index in [2.05, 4.69) is 10.4 Å². The van der Waals surface area contributed by atoms with Gasteiger partial charge in [0.25, 0.3) is 0 Å². The molecule has 0 saturated carbocycles. The molecule has 1 aromatic heterocycles. The highest BCUT2D eigenvalue weighted by Gasteiger charge is 2.32. The second-order valence-corrected chi connectivity index (χ2v) is 5.75. The predicted molar refractivity (Wildman–Crippen MR) is 75.4 cm³/mol. The van der Waals surface area contributed by atoms with Crippen LogP contribution in [-0.2, 0) is 11.3 Å². The van der Waals surface area contributed by atoms with E-state index in [1.165, 1.54) is 0 Å². The van der Waals surface area contributed by atoms with E-state index in [1.807, 2.05) is 13.8 Å². The van der Waals surface area contributed by atoms with Crippen LogP contribution < -0.4 is 5.32 Å². The molecule has 0 aliphatic heterocycles. The van der Waals surface area contributed by atoms with E-state index in [-0.39, 0.29) is 6.04 Å². The molecule has 0 spiro atoms. The molecule has 1 rings (SSSR count). The Morgan fingerprint density at radius 2 is 2.26 bits per heavy atom. The van der Waals surface area contributed by atoms with Crippen LogP contribution in [0.2, 0.25) is 5.02 Å². The third-order valence-corrected chi connectivity index (χ3v) is 3.19. The van der Waals surface area contributed by atoms with Gasteiger partial charge in [0, 0.05) is 18.8 Å². The molecule has 0 bridgehead atoms. The van der Waals surface area contributed by atoms with Gasteiger partial charge in [-0.25, -0.2) is 0 Å². The van der Waals surface area contributed by atoms with E-state index < -0.39 is 11.5 Å². The van der Waals surface area contributed by atoms with Crippen molar-refractivity contribution in [3.63, 3.8) is 0 Å². The first-order valence-corrected chi connectivity index (χ1v) is 6.90. The maximum absolute atomic E-state index is 11.3. The van der Waals surface area contributed by atoms with E-state index >= 15 is 0 Å². The lowest BCUT2D eigenvalue weighted by Crippen LogP contribution is -2.52. The van der Waals surface area contributed by atoms with Gasteiger partial charge in [0.15, 0.2) is 0 Å². The third-order valence-electron chi connectivity index (χ3n) is 2.99. The monoisotopic (exact) mass is 287 g/mol. The number of unbranched alkanes of at least 4 members (excludes halogenated alkanes) is 1. The highest BCUT2D eigenvalue weighted by atomic mass is 35.5. The van der Waals surface area contributed by atoms with Crippen LogP contribution in [0.15, 0.2) is 12.4 Å². The zero-order chi connectivity index (χ0) is 14.5. The maximum Gasteiger partial charge on any atom is 0.323 e. The highest BCUT2D eigenvalue weighted by molar-refractivity contribution is 6.30. The topological polar surface area (TPSA) is 67.2 Å². The van der Waals surface area contributed by atoms with Gasteiger partial charge in [0.05, 0.1) is 11.2 Å². The molecular formula is C13H22ClN3O2. The number of aryl methyl sites for hydroxylation is 1. The number of carbonyl (C=O) groups is 1. The number of carboxylic acids is 1. The number of hydrogen-bond donors (Lipinski definition) is 2. The quantitative estimate of drug-likeness (QED) is 0.721. The first kappa shape index (κ1) is 16.0. The van der Waals surface area contributed by atoms with Gasteiger partial charge in [0.1, 0.15) is 5.54 Å². The van der Waals surface area contributed by atoms with Crippen molar-refractivity contribution in [3.05, 3.63) is 17.4 Å². The molecule has 1 aromatic rings. The summed E-state index contributed by atoms with van der Waals surface area (Å²) < 4.78 is 1.77. The van der Waals surface area contributed by atoms with Gasteiger partial charge in [-0.05, 0) is 40.0 Å². The lowest BCUT2D eigenvalue weighted by atomic mass is 9.94. The lowest BCUT2D eigenvalue weighted by Gasteiger charge is -2.28. The van der Waals surface area contributed by atoms with Crippen molar-refractivity contribution in [2.45, 2.75) is 58.2 Å². The smallest absolute Gasteiger partial charge is 0.323 e. The van der Waals surface area contributed by atoms with Crippen LogP contribution >= 0.6 is 11.6 Å². The zero-order valence-electron chi connectivity index (χ0n) is 11.7. The largest absolute Gasteiger partial charge is 0.480 e. The molecule has 0 fully saturated rings. The number of rotatable bonds is 8. The number of nitrogens with zero attached hydrogens (tertiary/aromatic N) is 2. The highest BCUT2D eigenvalue weighted by Crippen LogP contribution is 2.16. The minimum atomic E-state index is -0.865. The summed E-state index contributed by atoms with van der Waals surface area (Å²) in [6.07, 6.45) is 5.66. The van der Waals surface area contributed by atoms with Crippen LogP contribution in [-0.4, -0.2) is 32.4 Å². The Labute approximate surface area is 118 Å². The van der Waals surface area contributed by atoms with Crippen LogP contribution in [0, 0.1) is 0 Å². The first-order chi connectivity index (χ1) is 8.83. The number of nitrogens with one attached hydrogen (secondary N) is 1. The fourth-order valence-electron chi connectivity index (χ4n) is 2.09. The molecule has 0 radical (unpaired) electrons. The van der Waals surface area contributed by atoms with E-state index in [0.717, 1.165) is 19.4 Å². The van der Waals surface area contributed by atoms with Crippen molar-refractivity contribution >= 4 is 17.6 Å². The maximum atomic E-state index is 11.3. The summed E-state index contributed by atoms with van der Waals surface area (Å²) in [4.78, 5) is 11.3. The molecule has 6 heteroatoms. The Hall–Kier alpha value is -1.07. The van der Waals surface area contributed by atoms with Gasteiger partial charge in [-0.3, -0.25) is 14.8 Å². The second-order valence-electron chi connectivity index (χ2n) is 5.32. The summed E-state index contributed by atoms with van der Waals surface area (Å²) in [7, 11) is 0. The van der Waals surface area contributed by atoms with Gasteiger partial charge < -0.3 is 5.11 Å². The van der Waals surface area contributed by atoms with Crippen LogP contribution in [0.1, 0.15) is 40.0 Å². The third kappa shape index (κ3) is 5.20. The lowest BCUT2D eigenvalue weighted by molar-refractivity contribution is -0.144. The molecule has 1 atom stereocenters. The van der Waals surface area contributed by atoms with Crippen molar-refractivity contribution in [2.75, 3.05) is 0 Å². The summed E-state index contributed by atoms with van der Waals surface area (Å²) in [5.41, 5.74) is -0.865. The van der Waals surface area contributed by atoms with Gasteiger partial charge >= 0.3 is 5.97 Å².